The molecule has 1 aliphatic heterocycles. The van der Waals surface area contributed by atoms with Crippen LogP contribution in [0.5, 0.6) is 0 Å². The Balaban J connectivity index is 1.78. The molecule has 2 atom stereocenters. The van der Waals surface area contributed by atoms with Gasteiger partial charge in [-0.05, 0) is 18.3 Å². The predicted molar refractivity (Wildman–Crippen MR) is 83.2 cm³/mol. The average molecular weight is 304 g/mol. The molecule has 0 saturated carbocycles. The lowest BCUT2D eigenvalue weighted by Crippen LogP contribution is -2.42. The summed E-state index contributed by atoms with van der Waals surface area (Å²) in [7, 11) is 1.87. The van der Waals surface area contributed by atoms with Gasteiger partial charge in [0.15, 0.2) is 0 Å². The highest BCUT2D eigenvalue weighted by atomic mass is 32.1. The van der Waals surface area contributed by atoms with Crippen molar-refractivity contribution in [3.05, 3.63) is 23.5 Å². The number of thiazole rings is 1. The zero-order chi connectivity index (χ0) is 15.0. The molecular weight excluding hydrogens is 284 g/mol. The second kappa shape index (κ2) is 5.60. The van der Waals surface area contributed by atoms with Crippen LogP contribution in [0.4, 0.5) is 0 Å². The van der Waals surface area contributed by atoms with Gasteiger partial charge >= 0.3 is 0 Å². The van der Waals surface area contributed by atoms with Crippen molar-refractivity contribution in [3.8, 4) is 10.6 Å². The molecule has 0 bridgehead atoms. The number of amides is 1. The van der Waals surface area contributed by atoms with E-state index in [1.54, 1.807) is 10.9 Å². The molecule has 0 aromatic carbocycles. The van der Waals surface area contributed by atoms with Crippen LogP contribution in [0.25, 0.3) is 10.6 Å². The molecule has 0 unspecified atom stereocenters. The van der Waals surface area contributed by atoms with Gasteiger partial charge in [0.05, 0.1) is 6.20 Å². The first-order valence-electron chi connectivity index (χ1n) is 7.26. The number of hydrogen-bond acceptors (Lipinski definition) is 4. The lowest BCUT2D eigenvalue weighted by atomic mass is 9.92. The summed E-state index contributed by atoms with van der Waals surface area (Å²) < 4.78 is 1.74. The Kier molecular flexibility index (Phi) is 3.80. The fourth-order valence-electron chi connectivity index (χ4n) is 3.03. The molecule has 0 spiro atoms. The highest BCUT2D eigenvalue weighted by Gasteiger charge is 2.27. The highest BCUT2D eigenvalue weighted by Crippen LogP contribution is 2.26. The van der Waals surface area contributed by atoms with Crippen molar-refractivity contribution < 1.29 is 4.79 Å². The molecule has 1 amide bonds. The second-order valence-corrected chi connectivity index (χ2v) is 6.95. The third-order valence-corrected chi connectivity index (χ3v) is 4.72. The van der Waals surface area contributed by atoms with Crippen molar-refractivity contribution in [2.75, 3.05) is 13.1 Å². The van der Waals surface area contributed by atoms with Crippen LogP contribution < -0.4 is 0 Å². The number of carbonyl (C=O) groups excluding carboxylic acids is 1. The molecule has 1 saturated heterocycles. The lowest BCUT2D eigenvalue weighted by Gasteiger charge is -2.34. The Bertz CT molecular complexity index is 638. The summed E-state index contributed by atoms with van der Waals surface area (Å²) in [5, 5.41) is 6.85. The van der Waals surface area contributed by atoms with Gasteiger partial charge in [-0.1, -0.05) is 13.8 Å². The largest absolute Gasteiger partial charge is 0.337 e. The van der Waals surface area contributed by atoms with Crippen LogP contribution in [0.3, 0.4) is 0 Å². The van der Waals surface area contributed by atoms with E-state index in [1.165, 1.54) is 17.8 Å². The minimum atomic E-state index is 0.0554. The number of likely N-dealkylation sites (tertiary alicyclic amines) is 1. The average Bonchev–Trinajstić information content (AvgIpc) is 3.05. The van der Waals surface area contributed by atoms with Crippen molar-refractivity contribution in [3.63, 3.8) is 0 Å². The topological polar surface area (TPSA) is 51.0 Å². The molecule has 0 radical (unpaired) electrons. The van der Waals surface area contributed by atoms with Crippen LogP contribution >= 0.6 is 11.3 Å². The number of aromatic nitrogens is 3. The van der Waals surface area contributed by atoms with E-state index in [9.17, 15) is 4.79 Å². The van der Waals surface area contributed by atoms with Crippen LogP contribution in [0.2, 0.25) is 0 Å². The Morgan fingerprint density at radius 2 is 2.05 bits per heavy atom. The quantitative estimate of drug-likeness (QED) is 0.857. The van der Waals surface area contributed by atoms with E-state index in [0.717, 1.165) is 23.7 Å². The van der Waals surface area contributed by atoms with Crippen molar-refractivity contribution in [2.24, 2.45) is 18.9 Å². The van der Waals surface area contributed by atoms with E-state index in [0.29, 0.717) is 17.5 Å². The highest BCUT2D eigenvalue weighted by molar-refractivity contribution is 7.13. The minimum absolute atomic E-state index is 0.0554. The van der Waals surface area contributed by atoms with Gasteiger partial charge in [0, 0.05) is 37.3 Å². The van der Waals surface area contributed by atoms with E-state index >= 15 is 0 Å². The maximum absolute atomic E-state index is 12.6. The molecular formula is C15H20N4OS. The normalized spacial score (nSPS) is 22.5. The summed E-state index contributed by atoms with van der Waals surface area (Å²) >= 11 is 1.50. The van der Waals surface area contributed by atoms with Gasteiger partial charge in [0.2, 0.25) is 0 Å². The van der Waals surface area contributed by atoms with Crippen molar-refractivity contribution >= 4 is 17.2 Å². The Labute approximate surface area is 128 Å². The number of carbonyl (C=O) groups is 1. The van der Waals surface area contributed by atoms with Crippen LogP contribution in [0, 0.1) is 11.8 Å². The molecule has 3 heterocycles. The van der Waals surface area contributed by atoms with E-state index in [4.69, 9.17) is 0 Å². The molecule has 2 aromatic heterocycles. The number of piperidine rings is 1. The minimum Gasteiger partial charge on any atom is -0.337 e. The standard InChI is InChI=1S/C15H20N4OS/c1-10-4-11(2)7-19(6-10)15(20)13-9-21-14(17-13)12-5-16-18(3)8-12/h5,8-11H,4,6-7H2,1-3H3/t10-,11+. The number of aryl methyl sites for hydroxylation is 1. The zero-order valence-corrected chi connectivity index (χ0v) is 13.4. The van der Waals surface area contributed by atoms with Crippen LogP contribution in [-0.2, 0) is 7.05 Å². The summed E-state index contributed by atoms with van der Waals surface area (Å²) in [4.78, 5) is 19.0. The maximum atomic E-state index is 12.6. The molecule has 0 N–H and O–H groups in total. The van der Waals surface area contributed by atoms with Gasteiger partial charge in [-0.15, -0.1) is 11.3 Å². The molecule has 5 nitrogen and oxygen atoms in total. The van der Waals surface area contributed by atoms with Crippen LogP contribution in [0.15, 0.2) is 17.8 Å². The number of hydrogen-bond donors (Lipinski definition) is 0. The molecule has 1 aliphatic rings. The summed E-state index contributed by atoms with van der Waals surface area (Å²) in [5.74, 6) is 1.18. The monoisotopic (exact) mass is 304 g/mol. The summed E-state index contributed by atoms with van der Waals surface area (Å²) in [5.41, 5.74) is 1.52. The van der Waals surface area contributed by atoms with E-state index < -0.39 is 0 Å². The SMILES string of the molecule is C[C@@H]1C[C@H](C)CN(C(=O)c2csc(-c3cnn(C)c3)n2)C1. The Morgan fingerprint density at radius 1 is 1.33 bits per heavy atom. The number of rotatable bonds is 2. The van der Waals surface area contributed by atoms with Gasteiger partial charge in [0.25, 0.3) is 5.91 Å². The first kappa shape index (κ1) is 14.3. The van der Waals surface area contributed by atoms with Gasteiger partial charge in [-0.2, -0.15) is 5.10 Å². The van der Waals surface area contributed by atoms with Gasteiger partial charge < -0.3 is 4.90 Å². The Hall–Kier alpha value is -1.69. The maximum Gasteiger partial charge on any atom is 0.273 e. The summed E-state index contributed by atoms with van der Waals surface area (Å²) in [6.07, 6.45) is 4.89. The van der Waals surface area contributed by atoms with Gasteiger partial charge in [-0.3, -0.25) is 9.48 Å². The van der Waals surface area contributed by atoms with Crippen molar-refractivity contribution in [1.82, 2.24) is 19.7 Å². The van der Waals surface area contributed by atoms with Gasteiger partial charge in [-0.25, -0.2) is 4.98 Å². The van der Waals surface area contributed by atoms with Crippen LogP contribution in [0.1, 0.15) is 30.8 Å². The van der Waals surface area contributed by atoms with E-state index in [-0.39, 0.29) is 5.91 Å². The second-order valence-electron chi connectivity index (χ2n) is 6.10. The first-order chi connectivity index (χ1) is 10.0. The lowest BCUT2D eigenvalue weighted by molar-refractivity contribution is 0.0618. The first-order valence-corrected chi connectivity index (χ1v) is 8.14. The van der Waals surface area contributed by atoms with Crippen LogP contribution in [-0.4, -0.2) is 38.7 Å². The molecule has 21 heavy (non-hydrogen) atoms. The fourth-order valence-corrected chi connectivity index (χ4v) is 3.80. The third-order valence-electron chi connectivity index (χ3n) is 3.83. The van der Waals surface area contributed by atoms with E-state index in [1.807, 2.05) is 23.5 Å². The zero-order valence-electron chi connectivity index (χ0n) is 12.6. The molecule has 0 aliphatic carbocycles. The van der Waals surface area contributed by atoms with Crippen molar-refractivity contribution in [2.45, 2.75) is 20.3 Å². The molecule has 3 rings (SSSR count). The Morgan fingerprint density at radius 3 is 2.67 bits per heavy atom. The van der Waals surface area contributed by atoms with Crippen molar-refractivity contribution in [1.29, 1.82) is 0 Å². The summed E-state index contributed by atoms with van der Waals surface area (Å²) in [6, 6.07) is 0. The third kappa shape index (κ3) is 3.00. The molecule has 6 heteroatoms. The summed E-state index contributed by atoms with van der Waals surface area (Å²) in [6.45, 7) is 6.09. The molecule has 1 fully saturated rings. The molecule has 112 valence electrons. The molecule has 2 aromatic rings. The number of nitrogens with zero attached hydrogens (tertiary/aromatic N) is 4. The predicted octanol–water partition coefficient (Wildman–Crippen LogP) is 2.66. The smallest absolute Gasteiger partial charge is 0.273 e. The van der Waals surface area contributed by atoms with Gasteiger partial charge in [0.1, 0.15) is 10.7 Å². The van der Waals surface area contributed by atoms with E-state index in [2.05, 4.69) is 23.9 Å². The fraction of sp³-hybridized carbons (Fsp3) is 0.533.